The second-order valence-electron chi connectivity index (χ2n) is 3.46. The van der Waals surface area contributed by atoms with Crippen molar-refractivity contribution in [2.75, 3.05) is 0 Å². The second-order valence-corrected chi connectivity index (χ2v) is 3.46. The Bertz CT molecular complexity index is 608. The van der Waals surface area contributed by atoms with E-state index in [1.54, 1.807) is 0 Å². The molecule has 0 aliphatic heterocycles. The molecule has 0 aromatic heterocycles. The van der Waals surface area contributed by atoms with Gasteiger partial charge in [-0.15, -0.1) is 0 Å². The zero-order valence-electron chi connectivity index (χ0n) is 8.76. The Labute approximate surface area is 94.6 Å². The summed E-state index contributed by atoms with van der Waals surface area (Å²) >= 11 is 0. The van der Waals surface area contributed by atoms with Gasteiger partial charge in [0.05, 0.1) is 0 Å². The van der Waals surface area contributed by atoms with E-state index in [1.807, 2.05) is 0 Å². The fourth-order valence-electron chi connectivity index (χ4n) is 1.51. The average Bonchev–Trinajstić information content (AvgIpc) is 2.25. The molecular weight excluding hydrogens is 233 g/mol. The summed E-state index contributed by atoms with van der Waals surface area (Å²) in [4.78, 5) is 10.7. The molecular formula is C12H7F3O2. The third kappa shape index (κ3) is 2.08. The molecule has 0 aliphatic rings. The summed E-state index contributed by atoms with van der Waals surface area (Å²) in [6.07, 6.45) is 0. The fourth-order valence-corrected chi connectivity index (χ4v) is 1.51. The Kier molecular flexibility index (Phi) is 2.75. The summed E-state index contributed by atoms with van der Waals surface area (Å²) in [7, 11) is 0. The van der Waals surface area contributed by atoms with Gasteiger partial charge in [-0.2, -0.15) is 0 Å². The molecule has 0 saturated heterocycles. The first-order valence-electron chi connectivity index (χ1n) is 4.74. The summed E-state index contributed by atoms with van der Waals surface area (Å²) in [5, 5.41) is 0.0555. The van der Waals surface area contributed by atoms with Crippen molar-refractivity contribution in [1.29, 1.82) is 0 Å². The number of hydrogen-bond donors (Lipinski definition) is 0. The number of ether oxygens (including phenoxy) is 1. The van der Waals surface area contributed by atoms with Crippen LogP contribution in [0.15, 0.2) is 24.3 Å². The molecule has 0 atom stereocenters. The highest BCUT2D eigenvalue weighted by molar-refractivity contribution is 5.85. The van der Waals surface area contributed by atoms with Crippen molar-refractivity contribution in [3.8, 4) is 5.75 Å². The van der Waals surface area contributed by atoms with Crippen molar-refractivity contribution >= 4 is 16.7 Å². The molecule has 0 N–H and O–H groups in total. The van der Waals surface area contributed by atoms with Gasteiger partial charge in [0.25, 0.3) is 0 Å². The van der Waals surface area contributed by atoms with Crippen LogP contribution in [0.2, 0.25) is 0 Å². The largest absolute Gasteiger partial charge is 0.427 e. The predicted molar refractivity (Wildman–Crippen MR) is 55.1 cm³/mol. The van der Waals surface area contributed by atoms with Gasteiger partial charge < -0.3 is 4.74 Å². The van der Waals surface area contributed by atoms with Crippen LogP contribution in [0.25, 0.3) is 10.8 Å². The van der Waals surface area contributed by atoms with Gasteiger partial charge in [-0.1, -0.05) is 0 Å². The smallest absolute Gasteiger partial charge is 0.308 e. The number of esters is 1. The Morgan fingerprint density at radius 1 is 1.12 bits per heavy atom. The summed E-state index contributed by atoms with van der Waals surface area (Å²) in [5.74, 6) is -4.45. The van der Waals surface area contributed by atoms with Crippen LogP contribution in [0.5, 0.6) is 5.75 Å². The SMILES string of the molecule is CC(=O)Oc1ccc2c(F)c(F)c(F)cc2c1. The van der Waals surface area contributed by atoms with Crippen LogP contribution in [0.1, 0.15) is 6.92 Å². The lowest BCUT2D eigenvalue weighted by molar-refractivity contribution is -0.131. The summed E-state index contributed by atoms with van der Waals surface area (Å²) in [6.45, 7) is 1.20. The molecule has 17 heavy (non-hydrogen) atoms. The molecule has 0 radical (unpaired) electrons. The molecule has 0 bridgehead atoms. The number of carbonyl (C=O) groups excluding carboxylic acids is 1. The Morgan fingerprint density at radius 3 is 2.47 bits per heavy atom. The van der Waals surface area contributed by atoms with E-state index >= 15 is 0 Å². The Hall–Kier alpha value is -2.04. The van der Waals surface area contributed by atoms with Gasteiger partial charge in [0.1, 0.15) is 5.75 Å². The minimum absolute atomic E-state index is 0.0696. The molecule has 0 heterocycles. The van der Waals surface area contributed by atoms with Gasteiger partial charge in [0.15, 0.2) is 17.5 Å². The van der Waals surface area contributed by atoms with E-state index in [2.05, 4.69) is 0 Å². The molecule has 2 nitrogen and oxygen atoms in total. The number of halogens is 3. The van der Waals surface area contributed by atoms with E-state index < -0.39 is 23.4 Å². The number of fused-ring (bicyclic) bond motifs is 1. The molecule has 0 spiro atoms. The van der Waals surface area contributed by atoms with Crippen molar-refractivity contribution in [2.24, 2.45) is 0 Å². The van der Waals surface area contributed by atoms with Crippen LogP contribution in [0.4, 0.5) is 13.2 Å². The van der Waals surface area contributed by atoms with Crippen LogP contribution in [-0.2, 0) is 4.79 Å². The van der Waals surface area contributed by atoms with Crippen LogP contribution < -0.4 is 4.74 Å². The van der Waals surface area contributed by atoms with E-state index in [0.717, 1.165) is 6.07 Å². The molecule has 0 saturated carbocycles. The maximum atomic E-state index is 13.3. The lowest BCUT2D eigenvalue weighted by atomic mass is 10.1. The normalized spacial score (nSPS) is 10.6. The van der Waals surface area contributed by atoms with Gasteiger partial charge in [-0.3, -0.25) is 4.79 Å². The fraction of sp³-hybridized carbons (Fsp3) is 0.0833. The molecule has 0 fully saturated rings. The lowest BCUT2D eigenvalue weighted by Gasteiger charge is -2.05. The maximum absolute atomic E-state index is 13.3. The number of rotatable bonds is 1. The topological polar surface area (TPSA) is 26.3 Å². The van der Waals surface area contributed by atoms with E-state index in [-0.39, 0.29) is 16.5 Å². The van der Waals surface area contributed by atoms with Crippen molar-refractivity contribution < 1.29 is 22.7 Å². The second kappa shape index (κ2) is 4.08. The summed E-state index contributed by atoms with van der Waals surface area (Å²) in [6, 6.07) is 4.65. The Balaban J connectivity index is 2.62. The molecule has 2 rings (SSSR count). The highest BCUT2D eigenvalue weighted by Gasteiger charge is 2.13. The van der Waals surface area contributed by atoms with Crippen LogP contribution in [0, 0.1) is 17.5 Å². The van der Waals surface area contributed by atoms with Gasteiger partial charge in [0, 0.05) is 12.3 Å². The highest BCUT2D eigenvalue weighted by Crippen LogP contribution is 2.26. The zero-order valence-corrected chi connectivity index (χ0v) is 8.76. The minimum Gasteiger partial charge on any atom is -0.427 e. The quantitative estimate of drug-likeness (QED) is 0.434. The van der Waals surface area contributed by atoms with Gasteiger partial charge >= 0.3 is 5.97 Å². The van der Waals surface area contributed by atoms with Gasteiger partial charge in [-0.05, 0) is 29.7 Å². The molecule has 0 amide bonds. The Morgan fingerprint density at radius 2 is 1.82 bits per heavy atom. The van der Waals surface area contributed by atoms with E-state index in [0.29, 0.717) is 0 Å². The predicted octanol–water partition coefficient (Wildman–Crippen LogP) is 3.18. The van der Waals surface area contributed by atoms with E-state index in [4.69, 9.17) is 4.74 Å². The van der Waals surface area contributed by atoms with Crippen molar-refractivity contribution in [2.45, 2.75) is 6.92 Å². The first-order valence-corrected chi connectivity index (χ1v) is 4.74. The maximum Gasteiger partial charge on any atom is 0.308 e. The van der Waals surface area contributed by atoms with Crippen LogP contribution >= 0.6 is 0 Å². The lowest BCUT2D eigenvalue weighted by Crippen LogP contribution is -2.01. The summed E-state index contributed by atoms with van der Waals surface area (Å²) < 4.78 is 44.0. The number of benzene rings is 2. The third-order valence-electron chi connectivity index (χ3n) is 2.21. The monoisotopic (exact) mass is 240 g/mol. The standard InChI is InChI=1S/C12H7F3O2/c1-6(16)17-8-2-3-9-7(4-8)5-10(13)12(15)11(9)14/h2-5H,1H3. The van der Waals surface area contributed by atoms with E-state index in [9.17, 15) is 18.0 Å². The van der Waals surface area contributed by atoms with Crippen LogP contribution in [0.3, 0.4) is 0 Å². The molecule has 0 aliphatic carbocycles. The average molecular weight is 240 g/mol. The molecule has 2 aromatic carbocycles. The highest BCUT2D eigenvalue weighted by atomic mass is 19.2. The van der Waals surface area contributed by atoms with Crippen LogP contribution in [-0.4, -0.2) is 5.97 Å². The zero-order chi connectivity index (χ0) is 12.6. The molecule has 5 heteroatoms. The van der Waals surface area contributed by atoms with Gasteiger partial charge in [0.2, 0.25) is 0 Å². The third-order valence-corrected chi connectivity index (χ3v) is 2.21. The molecule has 88 valence electrons. The molecule has 0 unspecified atom stereocenters. The van der Waals surface area contributed by atoms with Crippen molar-refractivity contribution in [3.63, 3.8) is 0 Å². The minimum atomic E-state index is -1.52. The first-order chi connectivity index (χ1) is 7.99. The number of hydrogen-bond acceptors (Lipinski definition) is 2. The first kappa shape index (κ1) is 11.4. The molecule has 2 aromatic rings. The van der Waals surface area contributed by atoms with Crippen molar-refractivity contribution in [3.05, 3.63) is 41.7 Å². The van der Waals surface area contributed by atoms with E-state index in [1.165, 1.54) is 25.1 Å². The number of carbonyl (C=O) groups is 1. The summed E-state index contributed by atoms with van der Waals surface area (Å²) in [5.41, 5.74) is 0. The van der Waals surface area contributed by atoms with Crippen molar-refractivity contribution in [1.82, 2.24) is 0 Å². The van der Waals surface area contributed by atoms with Gasteiger partial charge in [-0.25, -0.2) is 13.2 Å².